The number of benzene rings is 1. The number of carbonyl (C=O) groups excluding carboxylic acids is 2. The minimum atomic E-state index is -0.0579. The van der Waals surface area contributed by atoms with Crippen molar-refractivity contribution < 1.29 is 9.59 Å². The van der Waals surface area contributed by atoms with Crippen LogP contribution in [0.2, 0.25) is 0 Å². The number of hydrogen-bond donors (Lipinski definition) is 2. The van der Waals surface area contributed by atoms with E-state index in [0.717, 1.165) is 11.5 Å². The molecule has 1 aromatic rings. The van der Waals surface area contributed by atoms with E-state index < -0.39 is 0 Å². The van der Waals surface area contributed by atoms with Gasteiger partial charge in [-0.3, -0.25) is 9.59 Å². The molecule has 0 radical (unpaired) electrons. The third-order valence-electron chi connectivity index (χ3n) is 4.01. The molecule has 0 saturated heterocycles. The minimum Gasteiger partial charge on any atom is -0.348 e. The van der Waals surface area contributed by atoms with Crippen LogP contribution in [0, 0.1) is 11.8 Å². The zero-order valence-corrected chi connectivity index (χ0v) is 11.0. The molecule has 1 heterocycles. The second-order valence-corrected chi connectivity index (χ2v) is 5.62. The second-order valence-electron chi connectivity index (χ2n) is 5.62. The zero-order chi connectivity index (χ0) is 13.4. The molecule has 2 aliphatic rings. The summed E-state index contributed by atoms with van der Waals surface area (Å²) in [6.45, 7) is 2.72. The first kappa shape index (κ1) is 12.2. The average molecular weight is 258 g/mol. The van der Waals surface area contributed by atoms with Gasteiger partial charge in [-0.1, -0.05) is 13.0 Å². The number of hydrogen-bond acceptors (Lipinski definition) is 2. The predicted octanol–water partition coefficient (Wildman–Crippen LogP) is 2.30. The van der Waals surface area contributed by atoms with Crippen LogP contribution in [0.15, 0.2) is 18.2 Å². The SMILES string of the molecule is CC(CC(=O)Nc1ccc2c(c1)C(=O)NC2)C1CC1. The van der Waals surface area contributed by atoms with E-state index in [2.05, 4.69) is 17.6 Å². The first-order valence-electron chi connectivity index (χ1n) is 6.84. The van der Waals surface area contributed by atoms with Crippen LogP contribution in [0.25, 0.3) is 0 Å². The Morgan fingerprint density at radius 3 is 3.00 bits per heavy atom. The summed E-state index contributed by atoms with van der Waals surface area (Å²) in [6, 6.07) is 5.52. The number of nitrogens with one attached hydrogen (secondary N) is 2. The Bertz CT molecular complexity index is 535. The molecule has 1 saturated carbocycles. The number of fused-ring (bicyclic) bond motifs is 1. The quantitative estimate of drug-likeness (QED) is 0.870. The average Bonchev–Trinajstić information content (AvgIpc) is 3.16. The van der Waals surface area contributed by atoms with E-state index in [1.54, 1.807) is 6.07 Å². The highest BCUT2D eigenvalue weighted by Gasteiger charge is 2.29. The minimum absolute atomic E-state index is 0.0396. The fourth-order valence-corrected chi connectivity index (χ4v) is 2.63. The van der Waals surface area contributed by atoms with E-state index in [1.165, 1.54) is 12.8 Å². The highest BCUT2D eigenvalue weighted by atomic mass is 16.2. The maximum Gasteiger partial charge on any atom is 0.251 e. The largest absolute Gasteiger partial charge is 0.348 e. The number of amides is 2. The molecule has 0 bridgehead atoms. The lowest BCUT2D eigenvalue weighted by Gasteiger charge is -2.10. The lowest BCUT2D eigenvalue weighted by atomic mass is 10.0. The molecule has 4 nitrogen and oxygen atoms in total. The van der Waals surface area contributed by atoms with Crippen molar-refractivity contribution in [1.82, 2.24) is 5.32 Å². The summed E-state index contributed by atoms with van der Waals surface area (Å²) < 4.78 is 0. The van der Waals surface area contributed by atoms with Gasteiger partial charge in [0.25, 0.3) is 5.91 Å². The third-order valence-corrected chi connectivity index (χ3v) is 4.01. The molecular formula is C15H18N2O2. The Labute approximate surface area is 112 Å². The monoisotopic (exact) mass is 258 g/mol. The Morgan fingerprint density at radius 2 is 2.26 bits per heavy atom. The standard InChI is InChI=1S/C15H18N2O2/c1-9(10-2-3-10)6-14(18)17-12-5-4-11-8-16-15(19)13(11)7-12/h4-5,7,9-10H,2-3,6,8H2,1H3,(H,16,19)(H,17,18). The third kappa shape index (κ3) is 2.62. The van der Waals surface area contributed by atoms with Crippen molar-refractivity contribution in [3.63, 3.8) is 0 Å². The van der Waals surface area contributed by atoms with Crippen molar-refractivity contribution in [2.75, 3.05) is 5.32 Å². The fraction of sp³-hybridized carbons (Fsp3) is 0.467. The maximum atomic E-state index is 11.9. The molecule has 0 spiro atoms. The molecule has 1 aromatic carbocycles. The Hall–Kier alpha value is -1.84. The van der Waals surface area contributed by atoms with Gasteiger partial charge in [0.1, 0.15) is 0 Å². The van der Waals surface area contributed by atoms with Crippen LogP contribution in [0.3, 0.4) is 0 Å². The highest BCUT2D eigenvalue weighted by molar-refractivity contribution is 6.00. The van der Waals surface area contributed by atoms with Crippen molar-refractivity contribution in [2.24, 2.45) is 11.8 Å². The lowest BCUT2D eigenvalue weighted by Crippen LogP contribution is -2.16. The van der Waals surface area contributed by atoms with Crippen molar-refractivity contribution in [1.29, 1.82) is 0 Å². The van der Waals surface area contributed by atoms with Crippen LogP contribution in [-0.4, -0.2) is 11.8 Å². The predicted molar refractivity (Wildman–Crippen MR) is 72.7 cm³/mol. The van der Waals surface area contributed by atoms with Crippen LogP contribution in [0.1, 0.15) is 42.1 Å². The molecular weight excluding hydrogens is 240 g/mol. The fourth-order valence-electron chi connectivity index (χ4n) is 2.63. The van der Waals surface area contributed by atoms with E-state index in [0.29, 0.717) is 30.1 Å². The first-order valence-corrected chi connectivity index (χ1v) is 6.84. The summed E-state index contributed by atoms with van der Waals surface area (Å²) in [5, 5.41) is 5.66. The van der Waals surface area contributed by atoms with Crippen LogP contribution in [-0.2, 0) is 11.3 Å². The zero-order valence-electron chi connectivity index (χ0n) is 11.0. The van der Waals surface area contributed by atoms with Gasteiger partial charge in [-0.25, -0.2) is 0 Å². The van der Waals surface area contributed by atoms with Gasteiger partial charge in [-0.2, -0.15) is 0 Å². The van der Waals surface area contributed by atoms with Gasteiger partial charge in [-0.15, -0.1) is 0 Å². The van der Waals surface area contributed by atoms with E-state index in [4.69, 9.17) is 0 Å². The van der Waals surface area contributed by atoms with Crippen LogP contribution < -0.4 is 10.6 Å². The lowest BCUT2D eigenvalue weighted by molar-refractivity contribution is -0.117. The molecule has 100 valence electrons. The summed E-state index contributed by atoms with van der Waals surface area (Å²) in [5.41, 5.74) is 2.38. The molecule has 2 amide bonds. The Kier molecular flexibility index (Phi) is 3.01. The van der Waals surface area contributed by atoms with Gasteiger partial charge in [0, 0.05) is 24.2 Å². The van der Waals surface area contributed by atoms with Gasteiger partial charge in [0.15, 0.2) is 0 Å². The molecule has 1 fully saturated rings. The number of anilines is 1. The van der Waals surface area contributed by atoms with Gasteiger partial charge in [0.05, 0.1) is 0 Å². The second kappa shape index (κ2) is 4.68. The van der Waals surface area contributed by atoms with Crippen molar-refractivity contribution in [3.05, 3.63) is 29.3 Å². The Balaban J connectivity index is 1.64. The number of carbonyl (C=O) groups is 2. The van der Waals surface area contributed by atoms with Gasteiger partial charge >= 0.3 is 0 Å². The summed E-state index contributed by atoms with van der Waals surface area (Å²) in [5.74, 6) is 1.17. The van der Waals surface area contributed by atoms with Gasteiger partial charge < -0.3 is 10.6 Å². The molecule has 3 rings (SSSR count). The molecule has 1 atom stereocenters. The smallest absolute Gasteiger partial charge is 0.251 e. The molecule has 1 unspecified atom stereocenters. The molecule has 0 aromatic heterocycles. The number of rotatable bonds is 4. The first-order chi connectivity index (χ1) is 9.13. The van der Waals surface area contributed by atoms with E-state index in [-0.39, 0.29) is 11.8 Å². The van der Waals surface area contributed by atoms with E-state index in [9.17, 15) is 9.59 Å². The van der Waals surface area contributed by atoms with Gasteiger partial charge in [-0.05, 0) is 42.4 Å². The van der Waals surface area contributed by atoms with Crippen LogP contribution >= 0.6 is 0 Å². The van der Waals surface area contributed by atoms with E-state index >= 15 is 0 Å². The summed E-state index contributed by atoms with van der Waals surface area (Å²) in [7, 11) is 0. The highest BCUT2D eigenvalue weighted by Crippen LogP contribution is 2.38. The molecule has 1 aliphatic carbocycles. The van der Waals surface area contributed by atoms with Crippen molar-refractivity contribution in [3.8, 4) is 0 Å². The van der Waals surface area contributed by atoms with Crippen LogP contribution in [0.5, 0.6) is 0 Å². The van der Waals surface area contributed by atoms with Crippen LogP contribution in [0.4, 0.5) is 5.69 Å². The molecule has 2 N–H and O–H groups in total. The molecule has 1 aliphatic heterocycles. The van der Waals surface area contributed by atoms with Crippen molar-refractivity contribution >= 4 is 17.5 Å². The molecule has 4 heteroatoms. The summed E-state index contributed by atoms with van der Waals surface area (Å²) in [6.07, 6.45) is 3.08. The van der Waals surface area contributed by atoms with Crippen molar-refractivity contribution in [2.45, 2.75) is 32.7 Å². The van der Waals surface area contributed by atoms with E-state index in [1.807, 2.05) is 12.1 Å². The summed E-state index contributed by atoms with van der Waals surface area (Å²) >= 11 is 0. The topological polar surface area (TPSA) is 58.2 Å². The summed E-state index contributed by atoms with van der Waals surface area (Å²) in [4.78, 5) is 23.5. The Morgan fingerprint density at radius 1 is 1.47 bits per heavy atom. The van der Waals surface area contributed by atoms with Gasteiger partial charge in [0.2, 0.25) is 5.91 Å². The maximum absolute atomic E-state index is 11.9. The normalized spacial score (nSPS) is 18.7. The molecule has 19 heavy (non-hydrogen) atoms.